The van der Waals surface area contributed by atoms with Gasteiger partial charge in [0.15, 0.2) is 0 Å². The predicted molar refractivity (Wildman–Crippen MR) is 63.2 cm³/mol. The van der Waals surface area contributed by atoms with Crippen LogP contribution in [0.25, 0.3) is 11.6 Å². The van der Waals surface area contributed by atoms with E-state index in [0.717, 1.165) is 5.56 Å². The first-order valence-electron chi connectivity index (χ1n) is 4.67. The highest BCUT2D eigenvalue weighted by Crippen LogP contribution is 2.23. The maximum absolute atomic E-state index is 10.7. The SMILES string of the molecule is C=C(C=O)c1cc(OC)ccc1/C=C/C=O. The molecule has 16 heavy (non-hydrogen) atoms. The Morgan fingerprint density at radius 1 is 1.38 bits per heavy atom. The van der Waals surface area contributed by atoms with Gasteiger partial charge in [0.2, 0.25) is 0 Å². The molecule has 3 nitrogen and oxygen atoms in total. The lowest BCUT2D eigenvalue weighted by Gasteiger charge is -2.07. The summed E-state index contributed by atoms with van der Waals surface area (Å²) in [4.78, 5) is 20.9. The Morgan fingerprint density at radius 3 is 2.69 bits per heavy atom. The molecule has 3 heteroatoms. The van der Waals surface area contributed by atoms with Crippen LogP contribution < -0.4 is 4.74 Å². The second kappa shape index (κ2) is 5.66. The molecular weight excluding hydrogens is 204 g/mol. The summed E-state index contributed by atoms with van der Waals surface area (Å²) >= 11 is 0. The molecule has 0 unspecified atom stereocenters. The van der Waals surface area contributed by atoms with E-state index in [2.05, 4.69) is 6.58 Å². The molecular formula is C13H12O3. The van der Waals surface area contributed by atoms with Gasteiger partial charge >= 0.3 is 0 Å². The highest BCUT2D eigenvalue weighted by Gasteiger charge is 2.05. The summed E-state index contributed by atoms with van der Waals surface area (Å²) < 4.78 is 5.06. The van der Waals surface area contributed by atoms with Crippen LogP contribution in [0.3, 0.4) is 0 Å². The lowest BCUT2D eigenvalue weighted by Crippen LogP contribution is -1.91. The van der Waals surface area contributed by atoms with Crippen molar-refractivity contribution in [1.82, 2.24) is 0 Å². The molecule has 0 atom stereocenters. The number of rotatable bonds is 5. The number of ether oxygens (including phenoxy) is 1. The Morgan fingerprint density at radius 2 is 2.12 bits per heavy atom. The molecule has 1 aromatic carbocycles. The lowest BCUT2D eigenvalue weighted by molar-refractivity contribution is -0.104. The van der Waals surface area contributed by atoms with Gasteiger partial charge < -0.3 is 4.74 Å². The van der Waals surface area contributed by atoms with E-state index in [0.29, 0.717) is 29.5 Å². The van der Waals surface area contributed by atoms with Crippen LogP contribution in [0.4, 0.5) is 0 Å². The van der Waals surface area contributed by atoms with Crippen LogP contribution in [-0.2, 0) is 9.59 Å². The fraction of sp³-hybridized carbons (Fsp3) is 0.0769. The zero-order valence-corrected chi connectivity index (χ0v) is 8.97. The molecule has 0 bridgehead atoms. The number of hydrogen-bond acceptors (Lipinski definition) is 3. The Kier molecular flexibility index (Phi) is 4.21. The van der Waals surface area contributed by atoms with E-state index in [-0.39, 0.29) is 0 Å². The quantitative estimate of drug-likeness (QED) is 0.559. The molecule has 0 saturated heterocycles. The van der Waals surface area contributed by atoms with Gasteiger partial charge in [-0.2, -0.15) is 0 Å². The third kappa shape index (κ3) is 2.67. The fourth-order valence-corrected chi connectivity index (χ4v) is 1.29. The highest BCUT2D eigenvalue weighted by atomic mass is 16.5. The maximum atomic E-state index is 10.7. The van der Waals surface area contributed by atoms with E-state index in [9.17, 15) is 9.59 Å². The van der Waals surface area contributed by atoms with Crippen molar-refractivity contribution in [3.63, 3.8) is 0 Å². The number of methoxy groups -OCH3 is 1. The number of carbonyl (C=O) groups excluding carboxylic acids is 2. The van der Waals surface area contributed by atoms with Crippen LogP contribution in [0.15, 0.2) is 30.9 Å². The van der Waals surface area contributed by atoms with Crippen molar-refractivity contribution in [2.24, 2.45) is 0 Å². The average Bonchev–Trinajstić information content (AvgIpc) is 2.35. The second-order valence-electron chi connectivity index (χ2n) is 3.09. The molecule has 0 saturated carbocycles. The number of aldehydes is 2. The van der Waals surface area contributed by atoms with E-state index in [4.69, 9.17) is 4.74 Å². The molecule has 0 aliphatic heterocycles. The van der Waals surface area contributed by atoms with Crippen molar-refractivity contribution >= 4 is 24.2 Å². The van der Waals surface area contributed by atoms with Gasteiger partial charge in [-0.05, 0) is 29.3 Å². The number of allylic oxidation sites excluding steroid dienone is 2. The van der Waals surface area contributed by atoms with E-state index in [1.54, 1.807) is 31.4 Å². The Balaban J connectivity index is 3.25. The third-order valence-electron chi connectivity index (χ3n) is 2.10. The Hall–Kier alpha value is -2.16. The lowest BCUT2D eigenvalue weighted by atomic mass is 10.0. The van der Waals surface area contributed by atoms with Crippen molar-refractivity contribution in [2.45, 2.75) is 0 Å². The van der Waals surface area contributed by atoms with Gasteiger partial charge in [-0.25, -0.2) is 0 Å². The van der Waals surface area contributed by atoms with Crippen LogP contribution in [0.2, 0.25) is 0 Å². The van der Waals surface area contributed by atoms with Crippen LogP contribution in [-0.4, -0.2) is 19.7 Å². The molecule has 0 heterocycles. The second-order valence-corrected chi connectivity index (χ2v) is 3.09. The van der Waals surface area contributed by atoms with Gasteiger partial charge in [-0.1, -0.05) is 18.7 Å². The van der Waals surface area contributed by atoms with Crippen molar-refractivity contribution in [3.05, 3.63) is 42.0 Å². The van der Waals surface area contributed by atoms with E-state index in [1.807, 2.05) is 0 Å². The summed E-state index contributed by atoms with van der Waals surface area (Å²) in [5.74, 6) is 0.640. The molecule has 0 aromatic heterocycles. The van der Waals surface area contributed by atoms with Crippen LogP contribution in [0.5, 0.6) is 5.75 Å². The third-order valence-corrected chi connectivity index (χ3v) is 2.10. The molecule has 0 N–H and O–H groups in total. The van der Waals surface area contributed by atoms with Gasteiger partial charge in [0.1, 0.15) is 18.3 Å². The van der Waals surface area contributed by atoms with Crippen molar-refractivity contribution in [3.8, 4) is 5.75 Å². The summed E-state index contributed by atoms with van der Waals surface area (Å²) in [5.41, 5.74) is 1.77. The highest BCUT2D eigenvalue weighted by molar-refractivity contribution is 6.07. The zero-order chi connectivity index (χ0) is 12.0. The minimum Gasteiger partial charge on any atom is -0.497 e. The first kappa shape index (κ1) is 11.9. The van der Waals surface area contributed by atoms with Gasteiger partial charge in [0.05, 0.1) is 7.11 Å². The summed E-state index contributed by atoms with van der Waals surface area (Å²) in [6, 6.07) is 5.23. The van der Waals surface area contributed by atoms with Gasteiger partial charge in [0, 0.05) is 5.57 Å². The molecule has 0 radical (unpaired) electrons. The van der Waals surface area contributed by atoms with Crippen molar-refractivity contribution in [2.75, 3.05) is 7.11 Å². The first-order chi connectivity index (χ1) is 7.72. The Bertz CT molecular complexity index is 444. The van der Waals surface area contributed by atoms with Crippen LogP contribution in [0, 0.1) is 0 Å². The van der Waals surface area contributed by atoms with Gasteiger partial charge in [-0.15, -0.1) is 0 Å². The summed E-state index contributed by atoms with van der Waals surface area (Å²) in [7, 11) is 1.55. The topological polar surface area (TPSA) is 43.4 Å². The minimum atomic E-state index is 0.351. The Labute approximate surface area is 94.0 Å². The molecule has 82 valence electrons. The van der Waals surface area contributed by atoms with E-state index in [1.165, 1.54) is 6.08 Å². The minimum absolute atomic E-state index is 0.351. The summed E-state index contributed by atoms with van der Waals surface area (Å²) in [6.07, 6.45) is 4.34. The van der Waals surface area contributed by atoms with Crippen molar-refractivity contribution < 1.29 is 14.3 Å². The summed E-state index contributed by atoms with van der Waals surface area (Å²) in [6.45, 7) is 3.64. The first-order valence-corrected chi connectivity index (χ1v) is 4.67. The smallest absolute Gasteiger partial charge is 0.150 e. The largest absolute Gasteiger partial charge is 0.497 e. The molecule has 0 amide bonds. The zero-order valence-electron chi connectivity index (χ0n) is 8.97. The molecule has 0 spiro atoms. The number of hydrogen-bond donors (Lipinski definition) is 0. The van der Waals surface area contributed by atoms with Gasteiger partial charge in [0.25, 0.3) is 0 Å². The number of benzene rings is 1. The monoisotopic (exact) mass is 216 g/mol. The predicted octanol–water partition coefficient (Wildman–Crippen LogP) is 2.12. The normalized spacial score (nSPS) is 10.1. The fourth-order valence-electron chi connectivity index (χ4n) is 1.29. The molecule has 1 rings (SSSR count). The van der Waals surface area contributed by atoms with Crippen LogP contribution in [0.1, 0.15) is 11.1 Å². The maximum Gasteiger partial charge on any atom is 0.150 e. The molecule has 1 aromatic rings. The molecule has 0 aliphatic rings. The van der Waals surface area contributed by atoms with Crippen LogP contribution >= 0.6 is 0 Å². The molecule has 0 fully saturated rings. The average molecular weight is 216 g/mol. The molecule has 0 aliphatic carbocycles. The number of carbonyl (C=O) groups is 2. The van der Waals surface area contributed by atoms with Gasteiger partial charge in [-0.3, -0.25) is 9.59 Å². The summed E-state index contributed by atoms with van der Waals surface area (Å²) in [5, 5.41) is 0. The standard InChI is InChI=1S/C13H12O3/c1-10(9-15)13-8-12(16-2)6-5-11(13)4-3-7-14/h3-9H,1H2,2H3/b4-3+. The van der Waals surface area contributed by atoms with E-state index < -0.39 is 0 Å². The van der Waals surface area contributed by atoms with E-state index >= 15 is 0 Å². The van der Waals surface area contributed by atoms with Crippen molar-refractivity contribution in [1.29, 1.82) is 0 Å².